The molecule has 236 valence electrons. The Kier molecular flexibility index (Phi) is 9.76. The third kappa shape index (κ3) is 5.85. The number of aliphatic hydroxyl groups is 6. The van der Waals surface area contributed by atoms with E-state index in [1.807, 2.05) is 0 Å². The molecule has 2 fully saturated rings. The molecule has 18 nitrogen and oxygen atoms in total. The molecule has 4 heterocycles. The molecule has 2 aliphatic heterocycles. The molecule has 2 aromatic heterocycles. The monoisotopic (exact) mass is 647 g/mol. The lowest BCUT2D eigenvalue weighted by molar-refractivity contribution is -0.145. The van der Waals surface area contributed by atoms with Crippen LogP contribution in [0.5, 0.6) is 0 Å². The fourth-order valence-electron chi connectivity index (χ4n) is 4.81. The Morgan fingerprint density at radius 3 is 1.81 bits per heavy atom. The normalized spacial score (nSPS) is 29.4. The molecule has 1 unspecified atom stereocenters. The van der Waals surface area contributed by atoms with E-state index in [1.165, 1.54) is 0 Å². The number of anilines is 1. The molecule has 9 atom stereocenters. The Labute approximate surface area is 250 Å². The number of carbonyl (C=O) groups is 2. The minimum Gasteiger partial charge on any atom is -0.468 e. The molecule has 8 N–H and O–H groups in total. The van der Waals surface area contributed by atoms with Crippen molar-refractivity contribution < 1.29 is 54.4 Å². The van der Waals surface area contributed by atoms with E-state index in [-0.39, 0.29) is 9.54 Å². The summed E-state index contributed by atoms with van der Waals surface area (Å²) in [5.41, 5.74) is -2.88. The minimum absolute atomic E-state index is 0.272. The van der Waals surface area contributed by atoms with Crippen LogP contribution in [0.1, 0.15) is 23.9 Å². The first-order chi connectivity index (χ1) is 20.3. The number of esters is 1. The highest BCUT2D eigenvalue weighted by molar-refractivity contribution is 7.71. The molecule has 2 aliphatic rings. The molecule has 0 aliphatic carbocycles. The maximum absolute atomic E-state index is 13.8. The van der Waals surface area contributed by atoms with Crippen molar-refractivity contribution in [1.29, 1.82) is 0 Å². The van der Waals surface area contributed by atoms with Gasteiger partial charge in [0.05, 0.1) is 25.9 Å². The van der Waals surface area contributed by atoms with Crippen LogP contribution in [0, 0.1) is 9.54 Å². The van der Waals surface area contributed by atoms with Gasteiger partial charge >= 0.3 is 5.97 Å². The number of rotatable bonds is 8. The molecule has 0 radical (unpaired) electrons. The minimum atomic E-state index is -2.01. The van der Waals surface area contributed by atoms with Gasteiger partial charge in [-0.25, -0.2) is 0 Å². The second-order valence-corrected chi connectivity index (χ2v) is 10.5. The van der Waals surface area contributed by atoms with Crippen LogP contribution in [0.2, 0.25) is 0 Å². The predicted molar refractivity (Wildman–Crippen MR) is 146 cm³/mol. The average molecular weight is 648 g/mol. The number of likely N-dealkylation sites (N-methyl/N-ethyl adjacent to an activating group) is 1. The van der Waals surface area contributed by atoms with Gasteiger partial charge in [0, 0.05) is 19.4 Å². The van der Waals surface area contributed by atoms with Crippen LogP contribution in [0.25, 0.3) is 0 Å². The van der Waals surface area contributed by atoms with Gasteiger partial charge in [0.15, 0.2) is 27.9 Å². The molecule has 2 saturated heterocycles. The van der Waals surface area contributed by atoms with E-state index in [1.54, 1.807) is 0 Å². The van der Waals surface area contributed by atoms with Gasteiger partial charge in [0.1, 0.15) is 42.3 Å². The van der Waals surface area contributed by atoms with Crippen molar-refractivity contribution in [2.75, 3.05) is 32.3 Å². The van der Waals surface area contributed by atoms with Gasteiger partial charge in [-0.2, -0.15) is 0 Å². The predicted octanol–water partition coefficient (Wildman–Crippen LogP) is -3.73. The van der Waals surface area contributed by atoms with Gasteiger partial charge in [0.2, 0.25) is 5.91 Å². The first-order valence-corrected chi connectivity index (χ1v) is 13.4. The summed E-state index contributed by atoms with van der Waals surface area (Å²) in [5, 5.41) is 60.0. The largest absolute Gasteiger partial charge is 0.468 e. The third-order valence-corrected chi connectivity index (χ3v) is 7.84. The fraction of sp³-hybridized carbons (Fsp3) is 0.565. The molecule has 0 aromatic carbocycles. The van der Waals surface area contributed by atoms with Gasteiger partial charge < -0.3 is 49.7 Å². The quantitative estimate of drug-likeness (QED) is 0.0778. The highest BCUT2D eigenvalue weighted by atomic mass is 32.1. The zero-order valence-corrected chi connectivity index (χ0v) is 24.1. The summed E-state index contributed by atoms with van der Waals surface area (Å²) in [6.45, 7) is -1.30. The number of nitrogens with zero attached hydrogens (tertiary/aromatic N) is 3. The Morgan fingerprint density at radius 2 is 1.37 bits per heavy atom. The summed E-state index contributed by atoms with van der Waals surface area (Å²) in [5.74, 6) is -4.39. The number of hydrogen-bond donors (Lipinski definition) is 8. The molecule has 20 heteroatoms. The zero-order chi connectivity index (χ0) is 31.9. The van der Waals surface area contributed by atoms with Gasteiger partial charge in [0.25, 0.3) is 11.1 Å². The Morgan fingerprint density at radius 1 is 0.907 bits per heavy atom. The summed E-state index contributed by atoms with van der Waals surface area (Å²) in [7, 11) is 2.05. The summed E-state index contributed by atoms with van der Waals surface area (Å²) in [6.07, 6.45) is -9.48. The summed E-state index contributed by atoms with van der Waals surface area (Å²) < 4.78 is 17.1. The molecule has 4 rings (SSSR count). The average Bonchev–Trinajstić information content (AvgIpc) is 3.42. The highest BCUT2D eigenvalue weighted by Crippen LogP contribution is 2.32. The molecular weight excluding hydrogens is 618 g/mol. The van der Waals surface area contributed by atoms with E-state index < -0.39 is 102 Å². The SMILES string of the molecule is COC(=O)C(C(=O)N(C)c1cn([C@@H]2O[C@H](CO)[C@@H](O)[C@H]2O)c(=S)[nH]c1=O)c1cn([C@@H]2O[C@H](CO)[C@@H](O)[C@H]2O)c(=S)[nH]c1=O. The van der Waals surface area contributed by atoms with Crippen LogP contribution in [0.3, 0.4) is 0 Å². The van der Waals surface area contributed by atoms with Gasteiger partial charge in [-0.15, -0.1) is 0 Å². The van der Waals surface area contributed by atoms with Crippen molar-refractivity contribution in [2.24, 2.45) is 0 Å². The number of aliphatic hydroxyl groups excluding tert-OH is 6. The molecule has 0 spiro atoms. The van der Waals surface area contributed by atoms with E-state index in [0.717, 1.165) is 35.7 Å². The number of methoxy groups -OCH3 is 1. The van der Waals surface area contributed by atoms with E-state index in [9.17, 15) is 49.8 Å². The summed E-state index contributed by atoms with van der Waals surface area (Å²) >= 11 is 10.3. The fourth-order valence-corrected chi connectivity index (χ4v) is 5.31. The lowest BCUT2D eigenvalue weighted by atomic mass is 10.00. The standard InChI is InChI=1S/C23H29N5O13S2/c1-26(8-4-28(23(43)25-17(8)36)20-15(34)13(32)10(6-30)41-20)18(37)11(21(38)39-2)7-3-27(22(42)24-16(7)35)19-14(33)12(31)9(5-29)40-19/h3-4,9-15,19-20,29-34H,5-6H2,1-2H3,(H,24,35,42)(H,25,36,43)/t9-,10-,11?,12-,13-,14-,15-,19-,20-/m1/s1. The summed E-state index contributed by atoms with van der Waals surface area (Å²) in [6, 6.07) is 0. The lowest BCUT2D eigenvalue weighted by Gasteiger charge is -2.25. The number of hydrogen-bond acceptors (Lipinski definition) is 15. The van der Waals surface area contributed by atoms with Crippen molar-refractivity contribution in [3.8, 4) is 0 Å². The van der Waals surface area contributed by atoms with Crippen molar-refractivity contribution in [3.63, 3.8) is 0 Å². The number of carbonyl (C=O) groups excluding carboxylic acids is 2. The van der Waals surface area contributed by atoms with Gasteiger partial charge in [-0.3, -0.25) is 38.3 Å². The van der Waals surface area contributed by atoms with E-state index >= 15 is 0 Å². The second kappa shape index (κ2) is 12.8. The van der Waals surface area contributed by atoms with E-state index in [0.29, 0.717) is 4.90 Å². The first-order valence-electron chi connectivity index (χ1n) is 12.6. The van der Waals surface area contributed by atoms with Crippen molar-refractivity contribution >= 4 is 42.0 Å². The van der Waals surface area contributed by atoms with Crippen molar-refractivity contribution in [2.45, 2.75) is 55.0 Å². The number of nitrogens with one attached hydrogen (secondary N) is 2. The summed E-state index contributed by atoms with van der Waals surface area (Å²) in [4.78, 5) is 57.8. The number of ether oxygens (including phenoxy) is 3. The van der Waals surface area contributed by atoms with Crippen LogP contribution in [-0.4, -0.2) is 126 Å². The molecule has 0 saturated carbocycles. The first kappa shape index (κ1) is 32.7. The lowest BCUT2D eigenvalue weighted by Crippen LogP contribution is -2.42. The van der Waals surface area contributed by atoms with Gasteiger partial charge in [-0.05, 0) is 24.4 Å². The van der Waals surface area contributed by atoms with Gasteiger partial charge in [-0.1, -0.05) is 0 Å². The maximum atomic E-state index is 13.8. The van der Waals surface area contributed by atoms with Crippen molar-refractivity contribution in [3.05, 3.63) is 48.2 Å². The highest BCUT2D eigenvalue weighted by Gasteiger charge is 2.45. The second-order valence-electron chi connectivity index (χ2n) is 9.74. The maximum Gasteiger partial charge on any atom is 0.323 e. The van der Waals surface area contributed by atoms with Crippen LogP contribution >= 0.6 is 24.4 Å². The van der Waals surface area contributed by atoms with Crippen LogP contribution in [0.4, 0.5) is 5.69 Å². The number of H-pyrrole nitrogens is 2. The Bertz CT molecular complexity index is 1620. The molecular formula is C23H29N5O13S2. The number of aromatic nitrogens is 4. The molecule has 0 bridgehead atoms. The third-order valence-electron chi connectivity index (χ3n) is 7.21. The topological polar surface area (TPSA) is 262 Å². The Hall–Kier alpha value is -3.18. The van der Waals surface area contributed by atoms with Crippen LogP contribution < -0.4 is 16.0 Å². The molecule has 1 amide bonds. The number of aromatic amines is 2. The van der Waals surface area contributed by atoms with E-state index in [4.69, 9.17) is 38.6 Å². The smallest absolute Gasteiger partial charge is 0.323 e. The zero-order valence-electron chi connectivity index (χ0n) is 22.5. The van der Waals surface area contributed by atoms with Crippen LogP contribution in [-0.2, 0) is 23.8 Å². The molecule has 2 aromatic rings. The Balaban J connectivity index is 1.77. The van der Waals surface area contributed by atoms with Crippen LogP contribution in [0.15, 0.2) is 22.0 Å². The number of amides is 1. The molecule has 43 heavy (non-hydrogen) atoms. The van der Waals surface area contributed by atoms with E-state index in [2.05, 4.69) is 9.97 Å². The van der Waals surface area contributed by atoms with Crippen molar-refractivity contribution in [1.82, 2.24) is 19.1 Å².